The molecule has 2 aromatic carbocycles. The molecule has 0 aromatic heterocycles. The van der Waals surface area contributed by atoms with Crippen LogP contribution in [-0.4, -0.2) is 12.0 Å². The number of nitrogens with one attached hydrogen (secondary N) is 1. The van der Waals surface area contributed by atoms with Crippen molar-refractivity contribution in [3.8, 4) is 11.8 Å². The molecular weight excluding hydrogens is 404 g/mol. The lowest BCUT2D eigenvalue weighted by Crippen LogP contribution is -2.13. The van der Waals surface area contributed by atoms with Crippen LogP contribution < -0.4 is 10.1 Å². The van der Waals surface area contributed by atoms with Crippen LogP contribution in [0.25, 0.3) is 6.08 Å². The Morgan fingerprint density at radius 3 is 2.52 bits per heavy atom. The van der Waals surface area contributed by atoms with Crippen molar-refractivity contribution in [1.29, 1.82) is 5.26 Å². The fourth-order valence-corrected chi connectivity index (χ4v) is 2.50. The average Bonchev–Trinajstić information content (AvgIpc) is 2.56. The van der Waals surface area contributed by atoms with Gasteiger partial charge in [0.1, 0.15) is 17.4 Å². The van der Waals surface area contributed by atoms with E-state index >= 15 is 0 Å². The summed E-state index contributed by atoms with van der Waals surface area (Å²) in [6, 6.07) is 14.1. The van der Waals surface area contributed by atoms with Gasteiger partial charge >= 0.3 is 0 Å². The van der Waals surface area contributed by atoms with E-state index in [1.54, 1.807) is 42.5 Å². The number of carbonyl (C=O) groups is 1. The summed E-state index contributed by atoms with van der Waals surface area (Å²) in [7, 11) is 0. The van der Waals surface area contributed by atoms with Crippen molar-refractivity contribution < 1.29 is 9.53 Å². The molecule has 0 radical (unpaired) electrons. The first-order chi connectivity index (χ1) is 11.9. The smallest absolute Gasteiger partial charge is 0.266 e. The SMILES string of the molecule is CC(C)Oc1ccc(/C=C(\C#N)C(=O)Nc2ccc(Br)cc2)cc1Cl. The van der Waals surface area contributed by atoms with Gasteiger partial charge in [0.2, 0.25) is 0 Å². The maximum absolute atomic E-state index is 12.3. The summed E-state index contributed by atoms with van der Waals surface area (Å²) in [5, 5.41) is 12.4. The molecule has 2 rings (SSSR count). The summed E-state index contributed by atoms with van der Waals surface area (Å²) < 4.78 is 6.47. The van der Waals surface area contributed by atoms with Gasteiger partial charge in [0.25, 0.3) is 5.91 Å². The zero-order valence-electron chi connectivity index (χ0n) is 13.7. The number of anilines is 1. The molecule has 0 unspecified atom stereocenters. The molecule has 0 bridgehead atoms. The van der Waals surface area contributed by atoms with Gasteiger partial charge in [0.15, 0.2) is 0 Å². The number of hydrogen-bond donors (Lipinski definition) is 1. The third-order valence-electron chi connectivity index (χ3n) is 3.10. The van der Waals surface area contributed by atoms with E-state index in [1.165, 1.54) is 6.08 Å². The monoisotopic (exact) mass is 418 g/mol. The highest BCUT2D eigenvalue weighted by molar-refractivity contribution is 9.10. The lowest BCUT2D eigenvalue weighted by atomic mass is 10.1. The van der Waals surface area contributed by atoms with Crippen molar-refractivity contribution in [1.82, 2.24) is 0 Å². The van der Waals surface area contributed by atoms with Gasteiger partial charge in [-0.05, 0) is 61.9 Å². The van der Waals surface area contributed by atoms with E-state index < -0.39 is 5.91 Å². The Morgan fingerprint density at radius 1 is 1.28 bits per heavy atom. The van der Waals surface area contributed by atoms with Crippen molar-refractivity contribution >= 4 is 45.2 Å². The van der Waals surface area contributed by atoms with Gasteiger partial charge in [-0.25, -0.2) is 0 Å². The summed E-state index contributed by atoms with van der Waals surface area (Å²) in [4.78, 5) is 12.3. The van der Waals surface area contributed by atoms with Gasteiger partial charge in [-0.1, -0.05) is 33.6 Å². The molecule has 4 nitrogen and oxygen atoms in total. The highest BCUT2D eigenvalue weighted by atomic mass is 79.9. The van der Waals surface area contributed by atoms with Gasteiger partial charge < -0.3 is 10.1 Å². The highest BCUT2D eigenvalue weighted by Crippen LogP contribution is 2.27. The lowest BCUT2D eigenvalue weighted by Gasteiger charge is -2.11. The molecule has 2 aromatic rings. The number of hydrogen-bond acceptors (Lipinski definition) is 3. The second-order valence-corrected chi connectivity index (χ2v) is 6.81. The molecule has 6 heteroatoms. The molecule has 25 heavy (non-hydrogen) atoms. The maximum atomic E-state index is 12.3. The van der Waals surface area contributed by atoms with Gasteiger partial charge in [-0.3, -0.25) is 4.79 Å². The quantitative estimate of drug-likeness (QED) is 0.519. The molecule has 0 saturated carbocycles. The minimum absolute atomic E-state index is 0.00486. The molecule has 0 aliphatic heterocycles. The number of benzene rings is 2. The minimum Gasteiger partial charge on any atom is -0.489 e. The van der Waals surface area contributed by atoms with Crippen molar-refractivity contribution in [3.63, 3.8) is 0 Å². The first-order valence-electron chi connectivity index (χ1n) is 7.54. The topological polar surface area (TPSA) is 62.1 Å². The van der Waals surface area contributed by atoms with Gasteiger partial charge in [-0.15, -0.1) is 0 Å². The van der Waals surface area contributed by atoms with Crippen LogP contribution in [0.2, 0.25) is 5.02 Å². The van der Waals surface area contributed by atoms with E-state index in [0.717, 1.165) is 4.47 Å². The standard InChI is InChI=1S/C19H16BrClN2O2/c1-12(2)25-18-8-3-13(10-17(18)21)9-14(11-22)19(24)23-16-6-4-15(20)5-7-16/h3-10,12H,1-2H3,(H,23,24)/b14-9+. The third kappa shape index (κ3) is 5.63. The molecule has 0 saturated heterocycles. The molecule has 1 amide bonds. The first kappa shape index (κ1) is 19.0. The second kappa shape index (κ2) is 8.70. The Balaban J connectivity index is 2.19. The average molecular weight is 420 g/mol. The number of ether oxygens (including phenoxy) is 1. The fraction of sp³-hybridized carbons (Fsp3) is 0.158. The first-order valence-corrected chi connectivity index (χ1v) is 8.71. The van der Waals surface area contributed by atoms with Crippen LogP contribution in [-0.2, 0) is 4.79 Å². The zero-order chi connectivity index (χ0) is 18.4. The summed E-state index contributed by atoms with van der Waals surface area (Å²) >= 11 is 9.51. The number of rotatable bonds is 5. The molecule has 128 valence electrons. The minimum atomic E-state index is -0.483. The van der Waals surface area contributed by atoms with E-state index in [4.69, 9.17) is 16.3 Å². The Morgan fingerprint density at radius 2 is 1.96 bits per heavy atom. The normalized spacial score (nSPS) is 11.1. The number of nitriles is 1. The van der Waals surface area contributed by atoms with E-state index in [2.05, 4.69) is 21.2 Å². The Hall–Kier alpha value is -2.29. The molecule has 0 atom stereocenters. The van der Waals surface area contributed by atoms with Crippen LogP contribution in [0.5, 0.6) is 5.75 Å². The Bertz CT molecular complexity index is 839. The van der Waals surface area contributed by atoms with Crippen LogP contribution in [0.4, 0.5) is 5.69 Å². The maximum Gasteiger partial charge on any atom is 0.266 e. The van der Waals surface area contributed by atoms with Crippen molar-refractivity contribution in [2.24, 2.45) is 0 Å². The molecule has 0 heterocycles. The third-order valence-corrected chi connectivity index (χ3v) is 3.92. The number of halogens is 2. The van der Waals surface area contributed by atoms with Crippen LogP contribution in [0.15, 0.2) is 52.5 Å². The molecule has 0 fully saturated rings. The molecule has 0 spiro atoms. The summed E-state index contributed by atoms with van der Waals surface area (Å²) in [5.74, 6) is 0.0788. The lowest BCUT2D eigenvalue weighted by molar-refractivity contribution is -0.112. The highest BCUT2D eigenvalue weighted by Gasteiger charge is 2.11. The molecular formula is C19H16BrClN2O2. The fourth-order valence-electron chi connectivity index (χ4n) is 2.00. The van der Waals surface area contributed by atoms with E-state index in [0.29, 0.717) is 22.0 Å². The summed E-state index contributed by atoms with van der Waals surface area (Å²) in [5.41, 5.74) is 1.23. The van der Waals surface area contributed by atoms with Crippen molar-refractivity contribution in [2.45, 2.75) is 20.0 Å². The summed E-state index contributed by atoms with van der Waals surface area (Å²) in [6.07, 6.45) is 1.49. The molecule has 1 N–H and O–H groups in total. The zero-order valence-corrected chi connectivity index (χ0v) is 16.1. The van der Waals surface area contributed by atoms with Gasteiger partial charge in [0, 0.05) is 10.2 Å². The van der Waals surface area contributed by atoms with Crippen LogP contribution in [0, 0.1) is 11.3 Å². The Kier molecular flexibility index (Phi) is 6.63. The predicted octanol–water partition coefficient (Wildman–Crippen LogP) is 5.44. The number of carbonyl (C=O) groups excluding carboxylic acids is 1. The van der Waals surface area contributed by atoms with E-state index in [-0.39, 0.29) is 11.7 Å². The Labute approximate surface area is 160 Å². The van der Waals surface area contributed by atoms with Crippen LogP contribution in [0.1, 0.15) is 19.4 Å². The predicted molar refractivity (Wildman–Crippen MR) is 104 cm³/mol. The van der Waals surface area contributed by atoms with E-state index in [9.17, 15) is 10.1 Å². The molecule has 0 aliphatic rings. The molecule has 0 aliphatic carbocycles. The van der Waals surface area contributed by atoms with Crippen LogP contribution in [0.3, 0.4) is 0 Å². The summed E-state index contributed by atoms with van der Waals surface area (Å²) in [6.45, 7) is 3.81. The van der Waals surface area contributed by atoms with Crippen molar-refractivity contribution in [2.75, 3.05) is 5.32 Å². The number of amides is 1. The van der Waals surface area contributed by atoms with Gasteiger partial charge in [-0.2, -0.15) is 5.26 Å². The number of nitrogens with zero attached hydrogens (tertiary/aromatic N) is 1. The van der Waals surface area contributed by atoms with Crippen LogP contribution >= 0.6 is 27.5 Å². The largest absolute Gasteiger partial charge is 0.489 e. The van der Waals surface area contributed by atoms with E-state index in [1.807, 2.05) is 19.9 Å². The second-order valence-electron chi connectivity index (χ2n) is 5.49. The van der Waals surface area contributed by atoms with Gasteiger partial charge in [0.05, 0.1) is 11.1 Å². The van der Waals surface area contributed by atoms with Crippen molar-refractivity contribution in [3.05, 3.63) is 63.1 Å².